The van der Waals surface area contributed by atoms with Crippen LogP contribution in [-0.4, -0.2) is 50.6 Å². The Kier molecular flexibility index (Phi) is 12.2. The molecule has 0 heterocycles. The van der Waals surface area contributed by atoms with Crippen molar-refractivity contribution in [3.05, 3.63) is 0 Å². The molecule has 0 spiro atoms. The van der Waals surface area contributed by atoms with Gasteiger partial charge in [0.1, 0.15) is 0 Å². The first-order valence-corrected chi connectivity index (χ1v) is 5.34. The summed E-state index contributed by atoms with van der Waals surface area (Å²) in [6.07, 6.45) is 0.152. The summed E-state index contributed by atoms with van der Waals surface area (Å²) < 4.78 is 13.8. The lowest BCUT2D eigenvalue weighted by Gasteiger charge is -2.08. The van der Waals surface area contributed by atoms with E-state index >= 15 is 0 Å². The molecule has 0 bridgehead atoms. The van der Waals surface area contributed by atoms with E-state index in [0.29, 0.717) is 12.8 Å². The van der Waals surface area contributed by atoms with E-state index in [0.717, 1.165) is 0 Å². The highest BCUT2D eigenvalue weighted by molar-refractivity contribution is 5.74. The van der Waals surface area contributed by atoms with E-state index in [9.17, 15) is 9.59 Å². The lowest BCUT2D eigenvalue weighted by Crippen LogP contribution is -2.22. The molecule has 17 heavy (non-hydrogen) atoms. The van der Waals surface area contributed by atoms with Crippen LogP contribution in [0.3, 0.4) is 0 Å². The minimum absolute atomic E-state index is 0.306. The number of carbonyl (C=O) groups is 2. The van der Waals surface area contributed by atoms with Gasteiger partial charge in [-0.3, -0.25) is 0 Å². The molecule has 1 N–H and O–H groups in total. The molecule has 0 fully saturated rings. The predicted molar refractivity (Wildman–Crippen MR) is 61.8 cm³/mol. The van der Waals surface area contributed by atoms with E-state index < -0.39 is 18.2 Å². The van der Waals surface area contributed by atoms with Crippen LogP contribution < -0.4 is 0 Å². The van der Waals surface area contributed by atoms with Gasteiger partial charge in [0.25, 0.3) is 0 Å². The number of esters is 1. The molecule has 0 aliphatic carbocycles. The van der Waals surface area contributed by atoms with Gasteiger partial charge in [-0.1, -0.05) is 13.8 Å². The Morgan fingerprint density at radius 3 is 1.47 bits per heavy atom. The molecule has 6 nitrogen and oxygen atoms in total. The zero-order chi connectivity index (χ0) is 13.8. The highest BCUT2D eigenvalue weighted by Gasteiger charge is 2.14. The van der Waals surface area contributed by atoms with Gasteiger partial charge < -0.3 is 19.3 Å². The van der Waals surface area contributed by atoms with Gasteiger partial charge in [-0.15, -0.1) is 0 Å². The minimum Gasteiger partial charge on any atom is -0.479 e. The Morgan fingerprint density at radius 1 is 1.00 bits per heavy atom. The number of methoxy groups -OCH3 is 3. The third-order valence-electron chi connectivity index (χ3n) is 2.05. The molecule has 0 aromatic rings. The summed E-state index contributed by atoms with van der Waals surface area (Å²) in [5.41, 5.74) is 0. The fourth-order valence-corrected chi connectivity index (χ4v) is 1.00. The van der Waals surface area contributed by atoms with Crippen molar-refractivity contribution in [1.29, 1.82) is 0 Å². The van der Waals surface area contributed by atoms with Crippen molar-refractivity contribution in [3.8, 4) is 0 Å². The smallest absolute Gasteiger partial charge is 0.334 e. The molecule has 0 radical (unpaired) electrons. The second-order valence-corrected chi connectivity index (χ2v) is 3.13. The number of ether oxygens (including phenoxy) is 3. The van der Waals surface area contributed by atoms with Crippen LogP contribution in [-0.2, 0) is 23.8 Å². The quantitative estimate of drug-likeness (QED) is 0.710. The Balaban J connectivity index is 0. The summed E-state index contributed by atoms with van der Waals surface area (Å²) in [5, 5.41) is 8.25. The molecule has 0 aliphatic heterocycles. The third kappa shape index (κ3) is 8.65. The third-order valence-corrected chi connectivity index (χ3v) is 2.05. The highest BCUT2D eigenvalue weighted by atomic mass is 16.6. The summed E-state index contributed by atoms with van der Waals surface area (Å²) in [6, 6.07) is 0. The number of carboxylic acid groups (broad SMARTS) is 1. The SMILES string of the molecule is CCC(OC)C(=O)O.CCC(OC)C(=O)OC. The summed E-state index contributed by atoms with van der Waals surface area (Å²) in [5.74, 6) is -1.20. The van der Waals surface area contributed by atoms with Gasteiger partial charge in [0.15, 0.2) is 12.2 Å². The van der Waals surface area contributed by atoms with Crippen LogP contribution in [0.5, 0.6) is 0 Å². The van der Waals surface area contributed by atoms with E-state index in [1.807, 2.05) is 6.92 Å². The molecule has 0 aromatic heterocycles. The molecule has 0 aromatic carbocycles. The van der Waals surface area contributed by atoms with E-state index in [1.165, 1.54) is 21.3 Å². The number of aliphatic carboxylic acids is 1. The van der Waals surface area contributed by atoms with E-state index in [4.69, 9.17) is 9.84 Å². The molecule has 0 saturated heterocycles. The zero-order valence-electron chi connectivity index (χ0n) is 11.1. The molecular weight excluding hydrogens is 228 g/mol. The lowest BCUT2D eigenvalue weighted by molar-refractivity contribution is -0.152. The number of carboxylic acids is 1. The molecule has 0 saturated carbocycles. The Hall–Kier alpha value is -1.14. The van der Waals surface area contributed by atoms with Crippen LogP contribution in [0.2, 0.25) is 0 Å². The average Bonchev–Trinajstić information content (AvgIpc) is 2.32. The molecular formula is C11H22O6. The van der Waals surface area contributed by atoms with Gasteiger partial charge in [-0.05, 0) is 12.8 Å². The molecule has 0 aliphatic rings. The largest absolute Gasteiger partial charge is 0.479 e. The van der Waals surface area contributed by atoms with Crippen LogP contribution in [0, 0.1) is 0 Å². The predicted octanol–water partition coefficient (Wildman–Crippen LogP) is 1.08. The van der Waals surface area contributed by atoms with Crippen molar-refractivity contribution in [2.24, 2.45) is 0 Å². The van der Waals surface area contributed by atoms with E-state index in [1.54, 1.807) is 6.92 Å². The van der Waals surface area contributed by atoms with Crippen molar-refractivity contribution in [1.82, 2.24) is 0 Å². The van der Waals surface area contributed by atoms with Crippen LogP contribution in [0.15, 0.2) is 0 Å². The van der Waals surface area contributed by atoms with Gasteiger partial charge in [-0.2, -0.15) is 0 Å². The summed E-state index contributed by atoms with van der Waals surface area (Å²) in [7, 11) is 4.23. The highest BCUT2D eigenvalue weighted by Crippen LogP contribution is 1.96. The maximum atomic E-state index is 10.6. The van der Waals surface area contributed by atoms with Gasteiger partial charge >= 0.3 is 11.9 Å². The summed E-state index contributed by atoms with van der Waals surface area (Å²) in [4.78, 5) is 20.7. The van der Waals surface area contributed by atoms with Crippen molar-refractivity contribution in [2.75, 3.05) is 21.3 Å². The Morgan fingerprint density at radius 2 is 1.41 bits per heavy atom. The van der Waals surface area contributed by atoms with Gasteiger partial charge in [0.2, 0.25) is 0 Å². The number of hydrogen-bond donors (Lipinski definition) is 1. The van der Waals surface area contributed by atoms with Crippen molar-refractivity contribution < 1.29 is 28.9 Å². The second kappa shape index (κ2) is 11.3. The molecule has 2 atom stereocenters. The van der Waals surface area contributed by atoms with Gasteiger partial charge in [0.05, 0.1) is 7.11 Å². The molecule has 2 unspecified atom stereocenters. The summed E-state index contributed by atoms with van der Waals surface area (Å²) in [6.45, 7) is 3.63. The van der Waals surface area contributed by atoms with Crippen LogP contribution in [0.4, 0.5) is 0 Å². The van der Waals surface area contributed by atoms with Crippen LogP contribution >= 0.6 is 0 Å². The lowest BCUT2D eigenvalue weighted by atomic mass is 10.3. The molecule has 6 heteroatoms. The van der Waals surface area contributed by atoms with Crippen molar-refractivity contribution >= 4 is 11.9 Å². The fraction of sp³-hybridized carbons (Fsp3) is 0.818. The maximum absolute atomic E-state index is 10.6. The standard InChI is InChI=1S/C6H12O3.C5H10O3/c1-4-5(8-2)6(7)9-3;1-3-4(8-2)5(6)7/h5H,4H2,1-3H3;4H,3H2,1-2H3,(H,6,7). The van der Waals surface area contributed by atoms with Gasteiger partial charge in [-0.25, -0.2) is 9.59 Å². The Labute approximate surface area is 102 Å². The van der Waals surface area contributed by atoms with E-state index in [2.05, 4.69) is 9.47 Å². The first-order valence-electron chi connectivity index (χ1n) is 5.34. The zero-order valence-corrected chi connectivity index (χ0v) is 11.1. The van der Waals surface area contributed by atoms with Crippen LogP contribution in [0.25, 0.3) is 0 Å². The summed E-state index contributed by atoms with van der Waals surface area (Å²) >= 11 is 0. The first kappa shape index (κ1) is 18.2. The fourth-order valence-electron chi connectivity index (χ4n) is 1.00. The second-order valence-electron chi connectivity index (χ2n) is 3.13. The first-order chi connectivity index (χ1) is 7.98. The minimum atomic E-state index is -0.894. The maximum Gasteiger partial charge on any atom is 0.334 e. The number of hydrogen-bond acceptors (Lipinski definition) is 5. The monoisotopic (exact) mass is 250 g/mol. The number of carbonyl (C=O) groups excluding carboxylic acids is 1. The number of rotatable bonds is 6. The Bertz CT molecular complexity index is 208. The van der Waals surface area contributed by atoms with Gasteiger partial charge in [0, 0.05) is 14.2 Å². The average molecular weight is 250 g/mol. The topological polar surface area (TPSA) is 82.1 Å². The van der Waals surface area contributed by atoms with Crippen molar-refractivity contribution in [3.63, 3.8) is 0 Å². The van der Waals surface area contributed by atoms with Crippen LogP contribution in [0.1, 0.15) is 26.7 Å². The molecule has 0 rings (SSSR count). The van der Waals surface area contributed by atoms with Crippen molar-refractivity contribution in [2.45, 2.75) is 38.9 Å². The molecule has 102 valence electrons. The normalized spacial score (nSPS) is 13.0. The molecule has 0 amide bonds. The van der Waals surface area contributed by atoms with E-state index in [-0.39, 0.29) is 5.97 Å².